The first-order chi connectivity index (χ1) is 3.50. The Balaban J connectivity index is 3.71. The van der Waals surface area contributed by atoms with Crippen LogP contribution in [0.1, 0.15) is 27.2 Å². The van der Waals surface area contributed by atoms with Gasteiger partial charge in [0, 0.05) is 14.2 Å². The fourth-order valence-electron chi connectivity index (χ4n) is 0.408. The van der Waals surface area contributed by atoms with E-state index in [0.29, 0.717) is 3.95 Å². The summed E-state index contributed by atoms with van der Waals surface area (Å²) in [6.45, 7) is 6.78. The van der Waals surface area contributed by atoms with Crippen molar-refractivity contribution >= 4 is 26.2 Å². The van der Waals surface area contributed by atoms with Crippen molar-refractivity contribution in [1.82, 2.24) is 0 Å². The van der Waals surface area contributed by atoms with E-state index in [2.05, 4.69) is 36.7 Å². The Morgan fingerprint density at radius 1 is 1.62 bits per heavy atom. The zero-order valence-electron chi connectivity index (χ0n) is 6.16. The summed E-state index contributed by atoms with van der Waals surface area (Å²) in [5, 5.41) is 0. The number of hydrogen-bond acceptors (Lipinski definition) is 0. The second-order valence-corrected chi connectivity index (χ2v) is 7.85. The Morgan fingerprint density at radius 2 is 2.00 bits per heavy atom. The molecule has 0 aromatic rings. The van der Waals surface area contributed by atoms with Gasteiger partial charge in [-0.3, -0.25) is 0 Å². The summed E-state index contributed by atoms with van der Waals surface area (Å²) in [4.78, 5) is 0. The third-order valence-corrected chi connectivity index (χ3v) is 5.23. The van der Waals surface area contributed by atoms with Gasteiger partial charge < -0.3 is 0 Å². The van der Waals surface area contributed by atoms with Crippen molar-refractivity contribution in [3.05, 3.63) is 0 Å². The fourth-order valence-corrected chi connectivity index (χ4v) is 0.408. The van der Waals surface area contributed by atoms with Gasteiger partial charge in [0.2, 0.25) is 0 Å². The maximum Gasteiger partial charge on any atom is 0.0243 e. The van der Waals surface area contributed by atoms with E-state index in [9.17, 15) is 0 Å². The SMILES string of the molecule is CCC([SiH3])(Br)C(C)C. The first-order valence-corrected chi connectivity index (χ1v) is 4.99. The van der Waals surface area contributed by atoms with Crippen LogP contribution in [0, 0.1) is 5.92 Å². The Kier molecular flexibility index (Phi) is 3.28. The topological polar surface area (TPSA) is 0 Å². The second kappa shape index (κ2) is 3.02. The smallest absolute Gasteiger partial charge is 0.0243 e. The molecule has 0 fully saturated rings. The van der Waals surface area contributed by atoms with Crippen LogP contribution in [0.5, 0.6) is 0 Å². The van der Waals surface area contributed by atoms with Gasteiger partial charge in [0.25, 0.3) is 0 Å². The molecule has 1 atom stereocenters. The van der Waals surface area contributed by atoms with E-state index in [-0.39, 0.29) is 0 Å². The van der Waals surface area contributed by atoms with Crippen molar-refractivity contribution in [1.29, 1.82) is 0 Å². The van der Waals surface area contributed by atoms with Crippen LogP contribution in [0.2, 0.25) is 0 Å². The van der Waals surface area contributed by atoms with Crippen LogP contribution in [-0.2, 0) is 0 Å². The molecule has 2 heteroatoms. The molecule has 0 N–H and O–H groups in total. The quantitative estimate of drug-likeness (QED) is 0.463. The molecule has 0 rings (SSSR count). The van der Waals surface area contributed by atoms with E-state index in [1.54, 1.807) is 0 Å². The molecule has 50 valence electrons. The molecule has 0 heterocycles. The molecule has 0 aliphatic rings. The zero-order chi connectivity index (χ0) is 6.78. The van der Waals surface area contributed by atoms with Gasteiger partial charge in [-0.1, -0.05) is 36.7 Å². The summed E-state index contributed by atoms with van der Waals surface area (Å²) < 4.78 is 0.493. The largest absolute Gasteiger partial charge is 0.0897 e. The van der Waals surface area contributed by atoms with E-state index in [4.69, 9.17) is 0 Å². The van der Waals surface area contributed by atoms with Crippen LogP contribution in [0.25, 0.3) is 0 Å². The van der Waals surface area contributed by atoms with E-state index < -0.39 is 0 Å². The highest BCUT2D eigenvalue weighted by atomic mass is 79.9. The summed E-state index contributed by atoms with van der Waals surface area (Å²) >= 11 is 3.71. The molecule has 0 aromatic heterocycles. The minimum atomic E-state index is 0.493. The molecule has 0 aromatic carbocycles. The summed E-state index contributed by atoms with van der Waals surface area (Å²) in [5.41, 5.74) is 0. The van der Waals surface area contributed by atoms with Gasteiger partial charge in [-0.05, 0) is 12.3 Å². The van der Waals surface area contributed by atoms with Crippen molar-refractivity contribution in [2.45, 2.75) is 31.1 Å². The summed E-state index contributed by atoms with van der Waals surface area (Å²) in [5.74, 6) is 0.791. The van der Waals surface area contributed by atoms with Crippen LogP contribution < -0.4 is 0 Å². The first kappa shape index (κ1) is 8.70. The summed E-state index contributed by atoms with van der Waals surface area (Å²) in [7, 11) is 1.25. The molecule has 0 spiro atoms. The average Bonchev–Trinajstić information content (AvgIpc) is 1.67. The Morgan fingerprint density at radius 3 is 2.00 bits per heavy atom. The monoisotopic (exact) mass is 194 g/mol. The number of hydrogen-bond donors (Lipinski definition) is 0. The van der Waals surface area contributed by atoms with Crippen LogP contribution in [-0.4, -0.2) is 14.2 Å². The lowest BCUT2D eigenvalue weighted by atomic mass is 10.1. The molecule has 0 bridgehead atoms. The molecule has 0 amide bonds. The van der Waals surface area contributed by atoms with Crippen LogP contribution in [0.4, 0.5) is 0 Å². The maximum atomic E-state index is 3.71. The lowest BCUT2D eigenvalue weighted by Crippen LogP contribution is -2.26. The van der Waals surface area contributed by atoms with Crippen molar-refractivity contribution in [2.24, 2.45) is 5.92 Å². The van der Waals surface area contributed by atoms with Gasteiger partial charge >= 0.3 is 0 Å². The molecule has 0 radical (unpaired) electrons. The predicted molar refractivity (Wildman–Crippen MR) is 46.7 cm³/mol. The van der Waals surface area contributed by atoms with Gasteiger partial charge in [-0.15, -0.1) is 0 Å². The highest BCUT2D eigenvalue weighted by Gasteiger charge is 2.20. The fraction of sp³-hybridized carbons (Fsp3) is 1.00. The van der Waals surface area contributed by atoms with Crippen molar-refractivity contribution in [3.63, 3.8) is 0 Å². The second-order valence-electron chi connectivity index (χ2n) is 2.79. The number of rotatable bonds is 2. The number of halogens is 1. The van der Waals surface area contributed by atoms with Crippen LogP contribution in [0.15, 0.2) is 0 Å². The lowest BCUT2D eigenvalue weighted by molar-refractivity contribution is 0.554. The van der Waals surface area contributed by atoms with E-state index >= 15 is 0 Å². The molecular formula is C6H15BrSi. The minimum absolute atomic E-state index is 0.493. The van der Waals surface area contributed by atoms with Gasteiger partial charge in [0.05, 0.1) is 0 Å². The van der Waals surface area contributed by atoms with Gasteiger partial charge in [-0.25, -0.2) is 0 Å². The molecule has 0 nitrogen and oxygen atoms in total. The normalized spacial score (nSPS) is 19.1. The zero-order valence-corrected chi connectivity index (χ0v) is 9.75. The standard InChI is InChI=1S/C6H15BrSi/c1-4-6(7,8)5(2)3/h5H,4H2,1-3,8H3. The third kappa shape index (κ3) is 2.31. The van der Waals surface area contributed by atoms with E-state index in [1.165, 1.54) is 16.7 Å². The summed E-state index contributed by atoms with van der Waals surface area (Å²) in [6.07, 6.45) is 1.26. The van der Waals surface area contributed by atoms with E-state index in [0.717, 1.165) is 5.92 Å². The molecule has 1 unspecified atom stereocenters. The van der Waals surface area contributed by atoms with Crippen molar-refractivity contribution in [2.75, 3.05) is 0 Å². The average molecular weight is 195 g/mol. The van der Waals surface area contributed by atoms with Crippen LogP contribution >= 0.6 is 15.9 Å². The highest BCUT2D eigenvalue weighted by Crippen LogP contribution is 2.26. The minimum Gasteiger partial charge on any atom is -0.0897 e. The molecule has 0 aliphatic carbocycles. The molecular weight excluding hydrogens is 180 g/mol. The number of alkyl halides is 1. The van der Waals surface area contributed by atoms with Crippen molar-refractivity contribution < 1.29 is 0 Å². The molecule has 0 aliphatic heterocycles. The van der Waals surface area contributed by atoms with E-state index in [1.807, 2.05) is 0 Å². The predicted octanol–water partition coefficient (Wildman–Crippen LogP) is 1.51. The highest BCUT2D eigenvalue weighted by molar-refractivity contribution is 9.10. The van der Waals surface area contributed by atoms with Gasteiger partial charge in [0.15, 0.2) is 0 Å². The maximum absolute atomic E-state index is 3.71. The Hall–Kier alpha value is 0.697. The lowest BCUT2D eigenvalue weighted by Gasteiger charge is -2.24. The molecule has 8 heavy (non-hydrogen) atoms. The van der Waals surface area contributed by atoms with Gasteiger partial charge in [-0.2, -0.15) is 0 Å². The van der Waals surface area contributed by atoms with Crippen molar-refractivity contribution in [3.8, 4) is 0 Å². The van der Waals surface area contributed by atoms with Gasteiger partial charge in [0.1, 0.15) is 0 Å². The molecule has 0 saturated heterocycles. The summed E-state index contributed by atoms with van der Waals surface area (Å²) in [6, 6.07) is 0. The Bertz CT molecular complexity index is 68.9. The third-order valence-electron chi connectivity index (χ3n) is 1.90. The van der Waals surface area contributed by atoms with Crippen LogP contribution in [0.3, 0.4) is 0 Å². The Labute approximate surface area is 63.6 Å². The molecule has 0 saturated carbocycles. The first-order valence-electron chi connectivity index (χ1n) is 3.19.